The first-order valence-electron chi connectivity index (χ1n) is 25.0. The molecule has 3 aliphatic heterocycles. The fraction of sp³-hybridized carbons (Fsp3) is 0.351. The quantitative estimate of drug-likeness (QED) is 0.0552. The maximum atomic E-state index is 15.5. The Bertz CT molecular complexity index is 2830. The van der Waals surface area contributed by atoms with Gasteiger partial charge in [0.15, 0.2) is 18.2 Å². The lowest BCUT2D eigenvalue weighted by Gasteiger charge is -2.40. The van der Waals surface area contributed by atoms with Crippen LogP contribution in [-0.4, -0.2) is 102 Å². The van der Waals surface area contributed by atoms with Gasteiger partial charge in [0.2, 0.25) is 23.6 Å². The third-order valence-corrected chi connectivity index (χ3v) is 14.8. The number of amides is 5. The molecule has 3 aliphatic rings. The summed E-state index contributed by atoms with van der Waals surface area (Å²) in [5.74, 6) is -4.80. The van der Waals surface area contributed by atoms with Crippen molar-refractivity contribution in [2.45, 2.75) is 119 Å². The van der Waals surface area contributed by atoms with E-state index in [0.717, 1.165) is 32.3 Å². The van der Waals surface area contributed by atoms with Crippen LogP contribution >= 0.6 is 11.3 Å². The maximum absolute atomic E-state index is 15.5. The van der Waals surface area contributed by atoms with Gasteiger partial charge < -0.3 is 56.4 Å². The highest BCUT2D eigenvalue weighted by molar-refractivity contribution is 7.17. The fourth-order valence-corrected chi connectivity index (χ4v) is 11.1. The van der Waals surface area contributed by atoms with Gasteiger partial charge in [-0.3, -0.25) is 24.0 Å². The number of ether oxygens (including phenoxy) is 4. The minimum absolute atomic E-state index is 0.00122. The van der Waals surface area contributed by atoms with Gasteiger partial charge in [0, 0.05) is 17.5 Å². The average molecular weight is 1020 g/mol. The Morgan fingerprint density at radius 2 is 1.20 bits per heavy atom. The Hall–Kier alpha value is -6.99. The first-order chi connectivity index (χ1) is 35.7. The number of rotatable bonds is 14. The van der Waals surface area contributed by atoms with Crippen LogP contribution in [0, 0.1) is 0 Å². The summed E-state index contributed by atoms with van der Waals surface area (Å²) < 4.78 is 27.1. The number of unbranched alkanes of at least 4 members (excludes halogenated alkanes) is 1. The first kappa shape index (κ1) is 51.9. The van der Waals surface area contributed by atoms with Crippen molar-refractivity contribution in [2.24, 2.45) is 5.73 Å². The number of nitrogens with two attached hydrogens (primary N) is 1. The number of carbonyl (C=O) groups is 5. The zero-order valence-electron chi connectivity index (χ0n) is 41.4. The second kappa shape index (κ2) is 22.6. The molecule has 386 valence electrons. The van der Waals surface area contributed by atoms with E-state index in [1.165, 1.54) is 23.5 Å². The molecule has 0 aliphatic carbocycles. The lowest BCUT2D eigenvalue weighted by atomic mass is 9.79. The normalized spacial score (nSPS) is 24.9. The van der Waals surface area contributed by atoms with E-state index in [1.54, 1.807) is 32.9 Å². The number of thiophene rings is 1. The molecule has 5 amide bonds. The van der Waals surface area contributed by atoms with Gasteiger partial charge in [-0.2, -0.15) is 0 Å². The van der Waals surface area contributed by atoms with Crippen LogP contribution in [-0.2, 0) is 61.4 Å². The zero-order valence-corrected chi connectivity index (χ0v) is 42.2. The van der Waals surface area contributed by atoms with Crippen molar-refractivity contribution >= 4 is 51.0 Å². The predicted octanol–water partition coefficient (Wildman–Crippen LogP) is 5.23. The van der Waals surface area contributed by atoms with Gasteiger partial charge in [-0.15, -0.1) is 11.3 Å². The molecular weight excluding hydrogens is 961 g/mol. The van der Waals surface area contributed by atoms with Crippen molar-refractivity contribution in [3.8, 4) is 5.75 Å². The Morgan fingerprint density at radius 1 is 0.649 bits per heavy atom. The SMILES string of the molecule is CC(OC(c1ccccc1)(c1ccccc1)c1ccccc1)C1NC(=O)C(CCCCN)NC(=O)[C@@H](Cc2csc3ccccc23)NC(=O)C(Cc2ccc(O)cc2)NC(=O)[C@H]2OC3OC(C)(C)OC3C2NC1=O. The lowest BCUT2D eigenvalue weighted by molar-refractivity contribution is -0.208. The van der Waals surface area contributed by atoms with Crippen LogP contribution in [0.25, 0.3) is 10.1 Å². The van der Waals surface area contributed by atoms with Crippen LogP contribution in [0.2, 0.25) is 0 Å². The molecule has 0 saturated carbocycles. The van der Waals surface area contributed by atoms with E-state index < -0.39 is 95.7 Å². The van der Waals surface area contributed by atoms with Crippen molar-refractivity contribution in [3.05, 3.63) is 173 Å². The summed E-state index contributed by atoms with van der Waals surface area (Å²) in [6, 6.07) is 36.1. The van der Waals surface area contributed by atoms with Gasteiger partial charge in [-0.1, -0.05) is 121 Å². The average Bonchev–Trinajstić information content (AvgIpc) is 4.07. The van der Waals surface area contributed by atoms with Crippen molar-refractivity contribution in [2.75, 3.05) is 6.54 Å². The number of phenolic OH excluding ortho intramolecular Hbond substituents is 1. The van der Waals surface area contributed by atoms with E-state index in [1.807, 2.05) is 121 Å². The highest BCUT2D eigenvalue weighted by Crippen LogP contribution is 2.42. The topological polar surface area (TPSA) is 229 Å². The molecule has 4 heterocycles. The fourth-order valence-electron chi connectivity index (χ4n) is 10.1. The van der Waals surface area contributed by atoms with E-state index >= 15 is 9.59 Å². The number of benzene rings is 5. The maximum Gasteiger partial charge on any atom is 0.252 e. The van der Waals surface area contributed by atoms with Crippen LogP contribution in [0.4, 0.5) is 0 Å². The smallest absolute Gasteiger partial charge is 0.252 e. The second-order valence-electron chi connectivity index (χ2n) is 19.4. The summed E-state index contributed by atoms with van der Waals surface area (Å²) in [7, 11) is 0. The van der Waals surface area contributed by atoms with E-state index in [2.05, 4.69) is 26.6 Å². The van der Waals surface area contributed by atoms with Gasteiger partial charge in [-0.25, -0.2) is 0 Å². The summed E-state index contributed by atoms with van der Waals surface area (Å²) >= 11 is 1.49. The minimum Gasteiger partial charge on any atom is -0.508 e. The number of carbonyl (C=O) groups excluding carboxylic acids is 5. The zero-order chi connectivity index (χ0) is 52.0. The Labute approximate surface area is 433 Å². The molecule has 9 atom stereocenters. The minimum atomic E-state index is -1.49. The predicted molar refractivity (Wildman–Crippen MR) is 278 cm³/mol. The van der Waals surface area contributed by atoms with E-state index in [9.17, 15) is 19.5 Å². The third kappa shape index (κ3) is 11.4. The summed E-state index contributed by atoms with van der Waals surface area (Å²) in [6.45, 7) is 5.38. The van der Waals surface area contributed by atoms with E-state index in [0.29, 0.717) is 24.9 Å². The molecule has 5 aromatic carbocycles. The Balaban J connectivity index is 1.15. The van der Waals surface area contributed by atoms with Crippen molar-refractivity contribution in [1.82, 2.24) is 26.6 Å². The van der Waals surface area contributed by atoms with Gasteiger partial charge in [0.25, 0.3) is 5.91 Å². The molecule has 17 heteroatoms. The van der Waals surface area contributed by atoms with Gasteiger partial charge in [-0.05, 0) is 103 Å². The number of nitrogens with one attached hydrogen (secondary N) is 5. The molecule has 0 bridgehead atoms. The number of phenols is 1. The van der Waals surface area contributed by atoms with Crippen LogP contribution in [0.3, 0.4) is 0 Å². The largest absolute Gasteiger partial charge is 0.508 e. The van der Waals surface area contributed by atoms with Crippen LogP contribution in [0.5, 0.6) is 5.75 Å². The lowest BCUT2D eigenvalue weighted by Crippen LogP contribution is -2.64. The molecule has 6 aromatic rings. The van der Waals surface area contributed by atoms with Gasteiger partial charge in [0.05, 0.1) is 12.1 Å². The van der Waals surface area contributed by atoms with Crippen molar-refractivity contribution < 1.29 is 48.0 Å². The molecule has 3 saturated heterocycles. The number of aromatic hydroxyl groups is 1. The Kier molecular flexibility index (Phi) is 15.9. The highest BCUT2D eigenvalue weighted by Gasteiger charge is 2.58. The van der Waals surface area contributed by atoms with E-state index in [4.69, 9.17) is 24.7 Å². The highest BCUT2D eigenvalue weighted by atomic mass is 32.1. The molecule has 16 nitrogen and oxygen atoms in total. The van der Waals surface area contributed by atoms with Crippen LogP contribution in [0.1, 0.15) is 67.9 Å². The number of hydrogen-bond acceptors (Lipinski definition) is 12. The summed E-state index contributed by atoms with van der Waals surface area (Å²) in [6.07, 6.45) is -3.74. The molecule has 3 fully saturated rings. The standard InChI is InChI=1S/C57H62N6O10S/c1-34(71-57(37-17-7-4-8-18-37,38-19-9-5-10-20-38)39-21-11-6-12-22-39)46-53(68)63-47-48(70-55-49(47)72-56(2,3)73-55)54(69)61-43(31-35-26-28-40(64)29-27-35)51(66)60-44(32-36-33-74-45-25-14-13-23-41(36)45)52(67)59-42(50(65)62-46)24-15-16-30-58/h4-14,17-23,25-29,33-34,42-44,46-49,55,64H,15-16,24,30-32,58H2,1-3H3,(H,59,67)(H,60,66)(H,61,69)(H,62,65)(H,63,68)/t34?,42?,43?,44-,46?,47?,48+,49?,55?/m1/s1. The molecule has 7 unspecified atom stereocenters. The summed E-state index contributed by atoms with van der Waals surface area (Å²) in [4.78, 5) is 75.1. The van der Waals surface area contributed by atoms with E-state index in [-0.39, 0.29) is 25.0 Å². The summed E-state index contributed by atoms with van der Waals surface area (Å²) in [5, 5.41) is 27.7. The van der Waals surface area contributed by atoms with Crippen LogP contribution in [0.15, 0.2) is 145 Å². The van der Waals surface area contributed by atoms with Gasteiger partial charge in [0.1, 0.15) is 41.6 Å². The molecule has 8 N–H and O–H groups in total. The van der Waals surface area contributed by atoms with Gasteiger partial charge >= 0.3 is 0 Å². The number of hydrogen-bond donors (Lipinski definition) is 7. The van der Waals surface area contributed by atoms with Crippen molar-refractivity contribution in [3.63, 3.8) is 0 Å². The second-order valence-corrected chi connectivity index (χ2v) is 20.4. The summed E-state index contributed by atoms with van der Waals surface area (Å²) in [5.41, 5.74) is 8.19. The molecule has 9 rings (SSSR count). The molecule has 1 aromatic heterocycles. The first-order valence-corrected chi connectivity index (χ1v) is 25.9. The van der Waals surface area contributed by atoms with Crippen LogP contribution < -0.4 is 32.3 Å². The molecular formula is C57H62N6O10S. The molecule has 74 heavy (non-hydrogen) atoms. The number of fused-ring (bicyclic) bond motifs is 4. The monoisotopic (exact) mass is 1020 g/mol. The third-order valence-electron chi connectivity index (χ3n) is 13.8. The van der Waals surface area contributed by atoms with Crippen molar-refractivity contribution in [1.29, 1.82) is 0 Å². The Morgan fingerprint density at radius 3 is 1.82 bits per heavy atom. The molecule has 0 spiro atoms. The molecule has 0 radical (unpaired) electrons.